The van der Waals surface area contributed by atoms with Crippen LogP contribution in [-0.2, 0) is 10.0 Å². The van der Waals surface area contributed by atoms with Gasteiger partial charge in [0, 0.05) is 31.9 Å². The maximum Gasteiger partial charge on any atom is 0.260 e. The normalized spacial score (nSPS) is 15.7. The Hall–Kier alpha value is -1.87. The number of aromatic nitrogens is 1. The first-order valence-corrected chi connectivity index (χ1v) is 10.3. The molecule has 1 amide bonds. The van der Waals surface area contributed by atoms with Gasteiger partial charge in [0.05, 0.1) is 14.9 Å². The summed E-state index contributed by atoms with van der Waals surface area (Å²) in [4.78, 5) is 28.6. The number of H-pyrrole nitrogens is 1. The van der Waals surface area contributed by atoms with Crippen molar-refractivity contribution in [1.82, 2.24) is 14.2 Å². The number of nitrogens with zero attached hydrogens (tertiary/aromatic N) is 2. The molecule has 144 valence electrons. The molecule has 10 heteroatoms. The van der Waals surface area contributed by atoms with Gasteiger partial charge in [-0.1, -0.05) is 23.2 Å². The van der Waals surface area contributed by atoms with Gasteiger partial charge >= 0.3 is 0 Å². The maximum absolute atomic E-state index is 12.8. The van der Waals surface area contributed by atoms with Gasteiger partial charge in [-0.05, 0) is 37.3 Å². The predicted molar refractivity (Wildman–Crippen MR) is 103 cm³/mol. The molecule has 27 heavy (non-hydrogen) atoms. The van der Waals surface area contributed by atoms with Crippen molar-refractivity contribution < 1.29 is 13.2 Å². The number of halogens is 2. The molecule has 1 aromatic carbocycles. The van der Waals surface area contributed by atoms with Crippen LogP contribution in [0.15, 0.2) is 40.0 Å². The summed E-state index contributed by atoms with van der Waals surface area (Å²) in [5.41, 5.74) is 0.251. The number of aromatic amines is 1. The van der Waals surface area contributed by atoms with E-state index >= 15 is 0 Å². The Morgan fingerprint density at radius 1 is 1.04 bits per heavy atom. The Labute approximate surface area is 166 Å². The quantitative estimate of drug-likeness (QED) is 0.808. The number of carbonyl (C=O) groups is 1. The highest BCUT2D eigenvalue weighted by molar-refractivity contribution is 7.89. The van der Waals surface area contributed by atoms with Crippen molar-refractivity contribution in [1.29, 1.82) is 0 Å². The fourth-order valence-corrected chi connectivity index (χ4v) is 4.64. The summed E-state index contributed by atoms with van der Waals surface area (Å²) >= 11 is 11.8. The molecular weight excluding hydrogens is 413 g/mol. The van der Waals surface area contributed by atoms with Crippen LogP contribution < -0.4 is 5.56 Å². The van der Waals surface area contributed by atoms with E-state index in [-0.39, 0.29) is 46.7 Å². The van der Waals surface area contributed by atoms with Gasteiger partial charge in [-0.25, -0.2) is 8.42 Å². The predicted octanol–water partition coefficient (Wildman–Crippen LogP) is 2.14. The Balaban J connectivity index is 1.73. The largest absolute Gasteiger partial charge is 0.336 e. The topological polar surface area (TPSA) is 90.6 Å². The lowest BCUT2D eigenvalue weighted by molar-refractivity contribution is 0.0696. The van der Waals surface area contributed by atoms with Crippen molar-refractivity contribution in [2.75, 3.05) is 26.2 Å². The van der Waals surface area contributed by atoms with Gasteiger partial charge < -0.3 is 9.88 Å². The van der Waals surface area contributed by atoms with E-state index in [1.165, 1.54) is 33.5 Å². The van der Waals surface area contributed by atoms with Crippen molar-refractivity contribution in [3.63, 3.8) is 0 Å². The van der Waals surface area contributed by atoms with Crippen LogP contribution >= 0.6 is 23.2 Å². The zero-order valence-electron chi connectivity index (χ0n) is 14.4. The highest BCUT2D eigenvalue weighted by Crippen LogP contribution is 2.27. The molecule has 0 saturated carbocycles. The van der Waals surface area contributed by atoms with Gasteiger partial charge in [0.1, 0.15) is 5.56 Å². The molecule has 0 unspecified atom stereocenters. The van der Waals surface area contributed by atoms with Crippen molar-refractivity contribution >= 4 is 39.1 Å². The summed E-state index contributed by atoms with van der Waals surface area (Å²) in [6, 6.07) is 7.27. The number of piperazine rings is 1. The Morgan fingerprint density at radius 3 is 2.30 bits per heavy atom. The molecule has 1 fully saturated rings. The number of aryl methyl sites for hydroxylation is 1. The van der Waals surface area contributed by atoms with Crippen LogP contribution in [0.5, 0.6) is 0 Å². The third kappa shape index (κ3) is 4.03. The van der Waals surface area contributed by atoms with Crippen LogP contribution in [0.4, 0.5) is 0 Å². The molecule has 0 radical (unpaired) electrons. The van der Waals surface area contributed by atoms with Crippen molar-refractivity contribution in [2.45, 2.75) is 11.8 Å². The fraction of sp³-hybridized carbons (Fsp3) is 0.294. The highest BCUT2D eigenvalue weighted by Gasteiger charge is 2.31. The summed E-state index contributed by atoms with van der Waals surface area (Å²) in [6.07, 6.45) is 0. The van der Waals surface area contributed by atoms with E-state index < -0.39 is 21.5 Å². The third-order valence-corrected chi connectivity index (χ3v) is 6.97. The summed E-state index contributed by atoms with van der Waals surface area (Å²) in [6.45, 7) is 2.35. The van der Waals surface area contributed by atoms with E-state index in [0.29, 0.717) is 5.69 Å². The van der Waals surface area contributed by atoms with Crippen molar-refractivity contribution in [3.05, 3.63) is 62.0 Å². The third-order valence-electron chi connectivity index (χ3n) is 4.34. The summed E-state index contributed by atoms with van der Waals surface area (Å²) < 4.78 is 26.8. The second kappa shape index (κ2) is 7.63. The zero-order valence-corrected chi connectivity index (χ0v) is 16.7. The molecule has 0 atom stereocenters. The zero-order chi connectivity index (χ0) is 19.8. The number of sulfonamides is 1. The highest BCUT2D eigenvalue weighted by atomic mass is 35.5. The van der Waals surface area contributed by atoms with Gasteiger partial charge in [0.25, 0.3) is 11.5 Å². The van der Waals surface area contributed by atoms with Crippen molar-refractivity contribution in [3.8, 4) is 0 Å². The van der Waals surface area contributed by atoms with Gasteiger partial charge in [-0.15, -0.1) is 0 Å². The molecule has 0 spiro atoms. The lowest BCUT2D eigenvalue weighted by Crippen LogP contribution is -2.51. The first kappa shape index (κ1) is 19.9. The van der Waals surface area contributed by atoms with Crippen LogP contribution in [0.25, 0.3) is 0 Å². The number of rotatable bonds is 3. The summed E-state index contributed by atoms with van der Waals surface area (Å²) in [5.74, 6) is -0.414. The lowest BCUT2D eigenvalue weighted by atomic mass is 10.2. The number of carbonyl (C=O) groups excluding carboxylic acids is 1. The second-order valence-electron chi connectivity index (χ2n) is 6.16. The van der Waals surface area contributed by atoms with Crippen LogP contribution in [-0.4, -0.2) is 54.7 Å². The Morgan fingerprint density at radius 2 is 1.70 bits per heavy atom. The monoisotopic (exact) mass is 429 g/mol. The molecule has 1 aromatic heterocycles. The number of hydrogen-bond donors (Lipinski definition) is 1. The molecule has 1 aliphatic heterocycles. The van der Waals surface area contributed by atoms with Gasteiger partial charge in [-0.2, -0.15) is 4.31 Å². The summed E-state index contributed by atoms with van der Waals surface area (Å²) in [7, 11) is -3.74. The molecule has 1 saturated heterocycles. The van der Waals surface area contributed by atoms with E-state index in [1.807, 2.05) is 0 Å². The molecule has 0 aliphatic carbocycles. The standard InChI is InChI=1S/C17H17Cl2N3O4S/c1-11-2-4-13(16(23)20-11)17(24)21-6-8-22(9-7-21)27(25,26)12-3-5-14(18)15(19)10-12/h2-5,10H,6-9H2,1H3,(H,20,23). The minimum atomic E-state index is -3.74. The molecule has 2 aromatic rings. The molecule has 1 N–H and O–H groups in total. The minimum absolute atomic E-state index is 0.0430. The van der Waals surface area contributed by atoms with E-state index in [2.05, 4.69) is 4.98 Å². The van der Waals surface area contributed by atoms with Gasteiger partial charge in [-0.3, -0.25) is 9.59 Å². The minimum Gasteiger partial charge on any atom is -0.336 e. The Bertz CT molecular complexity index is 1040. The number of benzene rings is 1. The fourth-order valence-electron chi connectivity index (χ4n) is 2.83. The smallest absolute Gasteiger partial charge is 0.260 e. The molecule has 7 nitrogen and oxygen atoms in total. The average Bonchev–Trinajstić information content (AvgIpc) is 2.63. The SMILES string of the molecule is Cc1ccc(C(=O)N2CCN(S(=O)(=O)c3ccc(Cl)c(Cl)c3)CC2)c(=O)[nH]1. The maximum atomic E-state index is 12.8. The van der Waals surface area contributed by atoms with Crippen LogP contribution in [0.2, 0.25) is 10.0 Å². The number of hydrogen-bond acceptors (Lipinski definition) is 4. The molecule has 2 heterocycles. The first-order chi connectivity index (χ1) is 12.7. The van der Waals surface area contributed by atoms with E-state index in [4.69, 9.17) is 23.2 Å². The Kier molecular flexibility index (Phi) is 5.62. The van der Waals surface area contributed by atoms with Crippen LogP contribution in [0, 0.1) is 6.92 Å². The summed E-state index contributed by atoms with van der Waals surface area (Å²) in [5, 5.41) is 0.430. The molecule has 3 rings (SSSR count). The molecular formula is C17H17Cl2N3O4S. The van der Waals surface area contributed by atoms with Gasteiger partial charge in [0.2, 0.25) is 10.0 Å². The lowest BCUT2D eigenvalue weighted by Gasteiger charge is -2.34. The molecule has 1 aliphatic rings. The first-order valence-electron chi connectivity index (χ1n) is 8.14. The second-order valence-corrected chi connectivity index (χ2v) is 8.91. The van der Waals surface area contributed by atoms with E-state index in [1.54, 1.807) is 13.0 Å². The van der Waals surface area contributed by atoms with Crippen LogP contribution in [0.1, 0.15) is 16.1 Å². The van der Waals surface area contributed by atoms with E-state index in [0.717, 1.165) is 0 Å². The number of amides is 1. The van der Waals surface area contributed by atoms with Crippen molar-refractivity contribution in [2.24, 2.45) is 0 Å². The van der Waals surface area contributed by atoms with E-state index in [9.17, 15) is 18.0 Å². The number of nitrogens with one attached hydrogen (secondary N) is 1. The van der Waals surface area contributed by atoms with Gasteiger partial charge in [0.15, 0.2) is 0 Å². The van der Waals surface area contributed by atoms with Crippen LogP contribution in [0.3, 0.4) is 0 Å². The number of pyridine rings is 1. The molecule has 0 bridgehead atoms. The average molecular weight is 430 g/mol.